The molecule has 1 aromatic heterocycles. The SMILES string of the molecule is CCC[C@H](N)C(=O)Oc1cc(O)[nH]c1O. The van der Waals surface area contributed by atoms with E-state index in [4.69, 9.17) is 20.7 Å². The minimum absolute atomic E-state index is 0.121. The van der Waals surface area contributed by atoms with Gasteiger partial charge in [-0.25, -0.2) is 4.79 Å². The van der Waals surface area contributed by atoms with Gasteiger partial charge in [0.2, 0.25) is 5.88 Å². The Morgan fingerprint density at radius 1 is 1.67 bits per heavy atom. The van der Waals surface area contributed by atoms with Gasteiger partial charge < -0.3 is 20.7 Å². The van der Waals surface area contributed by atoms with Crippen LogP contribution in [0.4, 0.5) is 0 Å². The topological polar surface area (TPSA) is 109 Å². The van der Waals surface area contributed by atoms with Crippen LogP contribution in [0.5, 0.6) is 17.5 Å². The first-order chi connectivity index (χ1) is 7.04. The highest BCUT2D eigenvalue weighted by Gasteiger charge is 2.18. The van der Waals surface area contributed by atoms with Crippen LogP contribution >= 0.6 is 0 Å². The van der Waals surface area contributed by atoms with E-state index >= 15 is 0 Å². The van der Waals surface area contributed by atoms with Crippen LogP contribution in [-0.4, -0.2) is 27.2 Å². The Hall–Kier alpha value is -1.69. The Morgan fingerprint density at radius 3 is 2.80 bits per heavy atom. The van der Waals surface area contributed by atoms with Gasteiger partial charge in [0, 0.05) is 6.07 Å². The number of aromatic amines is 1. The summed E-state index contributed by atoms with van der Waals surface area (Å²) >= 11 is 0. The van der Waals surface area contributed by atoms with E-state index in [0.717, 1.165) is 12.5 Å². The highest BCUT2D eigenvalue weighted by molar-refractivity contribution is 5.78. The van der Waals surface area contributed by atoms with Gasteiger partial charge in [0.05, 0.1) is 0 Å². The number of aromatic nitrogens is 1. The molecular formula is C9H14N2O4. The molecule has 6 heteroatoms. The molecule has 0 aliphatic rings. The zero-order valence-corrected chi connectivity index (χ0v) is 8.36. The predicted molar refractivity (Wildman–Crippen MR) is 52.6 cm³/mol. The number of H-pyrrole nitrogens is 1. The summed E-state index contributed by atoms with van der Waals surface area (Å²) in [6.45, 7) is 1.90. The molecule has 0 amide bonds. The van der Waals surface area contributed by atoms with Gasteiger partial charge in [-0.15, -0.1) is 0 Å². The molecule has 0 radical (unpaired) electrons. The first kappa shape index (κ1) is 11.4. The summed E-state index contributed by atoms with van der Waals surface area (Å²) in [7, 11) is 0. The van der Waals surface area contributed by atoms with Gasteiger partial charge in [0.15, 0.2) is 11.6 Å². The van der Waals surface area contributed by atoms with E-state index in [1.165, 1.54) is 0 Å². The molecule has 1 atom stereocenters. The third kappa shape index (κ3) is 2.88. The number of hydrogen-bond donors (Lipinski definition) is 4. The van der Waals surface area contributed by atoms with Crippen LogP contribution in [0.25, 0.3) is 0 Å². The number of hydrogen-bond acceptors (Lipinski definition) is 5. The summed E-state index contributed by atoms with van der Waals surface area (Å²) in [4.78, 5) is 13.5. The quantitative estimate of drug-likeness (QED) is 0.544. The Morgan fingerprint density at radius 2 is 2.33 bits per heavy atom. The van der Waals surface area contributed by atoms with E-state index in [1.54, 1.807) is 0 Å². The van der Waals surface area contributed by atoms with Crippen molar-refractivity contribution in [3.05, 3.63) is 6.07 Å². The van der Waals surface area contributed by atoms with Crippen LogP contribution in [-0.2, 0) is 4.79 Å². The molecule has 0 bridgehead atoms. The summed E-state index contributed by atoms with van der Waals surface area (Å²) in [5.74, 6) is -1.43. The third-order valence-electron chi connectivity index (χ3n) is 1.86. The minimum atomic E-state index is -0.716. The van der Waals surface area contributed by atoms with Gasteiger partial charge in [-0.2, -0.15) is 0 Å². The fraction of sp³-hybridized carbons (Fsp3) is 0.444. The summed E-state index contributed by atoms with van der Waals surface area (Å²) in [5, 5.41) is 18.1. The van der Waals surface area contributed by atoms with Gasteiger partial charge in [0.1, 0.15) is 6.04 Å². The lowest BCUT2D eigenvalue weighted by Gasteiger charge is -2.08. The van der Waals surface area contributed by atoms with E-state index in [1.807, 2.05) is 6.92 Å². The first-order valence-electron chi connectivity index (χ1n) is 4.62. The second kappa shape index (κ2) is 4.70. The van der Waals surface area contributed by atoms with Crippen molar-refractivity contribution in [1.82, 2.24) is 4.98 Å². The largest absolute Gasteiger partial charge is 0.494 e. The molecule has 0 saturated heterocycles. The van der Waals surface area contributed by atoms with Crippen molar-refractivity contribution in [3.63, 3.8) is 0 Å². The van der Waals surface area contributed by atoms with Crippen LogP contribution in [0.2, 0.25) is 0 Å². The molecule has 0 aromatic carbocycles. The maximum absolute atomic E-state index is 11.3. The number of carbonyl (C=O) groups excluding carboxylic acids is 1. The van der Waals surface area contributed by atoms with E-state index in [-0.39, 0.29) is 11.6 Å². The van der Waals surface area contributed by atoms with Crippen molar-refractivity contribution in [2.45, 2.75) is 25.8 Å². The maximum atomic E-state index is 11.3. The molecule has 0 aliphatic heterocycles. The van der Waals surface area contributed by atoms with Crippen molar-refractivity contribution in [2.24, 2.45) is 5.73 Å². The molecule has 6 nitrogen and oxygen atoms in total. The molecule has 84 valence electrons. The van der Waals surface area contributed by atoms with Crippen LogP contribution in [0.15, 0.2) is 6.07 Å². The van der Waals surface area contributed by atoms with Gasteiger partial charge >= 0.3 is 5.97 Å². The van der Waals surface area contributed by atoms with Crippen LogP contribution in [0.3, 0.4) is 0 Å². The molecule has 0 saturated carbocycles. The number of ether oxygens (including phenoxy) is 1. The van der Waals surface area contributed by atoms with E-state index < -0.39 is 17.9 Å². The van der Waals surface area contributed by atoms with Crippen molar-refractivity contribution in [2.75, 3.05) is 0 Å². The first-order valence-corrected chi connectivity index (χ1v) is 4.62. The molecule has 1 aromatic rings. The molecule has 0 spiro atoms. The smallest absolute Gasteiger partial charge is 0.328 e. The Balaban J connectivity index is 2.62. The number of rotatable bonds is 4. The fourth-order valence-corrected chi connectivity index (χ4v) is 1.10. The van der Waals surface area contributed by atoms with Gasteiger partial charge in [-0.05, 0) is 6.42 Å². The van der Waals surface area contributed by atoms with Crippen molar-refractivity contribution in [1.29, 1.82) is 0 Å². The lowest BCUT2D eigenvalue weighted by molar-refractivity contribution is -0.136. The average molecular weight is 214 g/mol. The lowest BCUT2D eigenvalue weighted by Crippen LogP contribution is -2.33. The summed E-state index contributed by atoms with van der Waals surface area (Å²) < 4.78 is 4.78. The second-order valence-electron chi connectivity index (χ2n) is 3.18. The number of esters is 1. The van der Waals surface area contributed by atoms with E-state index in [9.17, 15) is 4.79 Å². The highest BCUT2D eigenvalue weighted by atomic mass is 16.5. The zero-order chi connectivity index (χ0) is 11.4. The van der Waals surface area contributed by atoms with E-state index in [2.05, 4.69) is 4.98 Å². The summed E-state index contributed by atoms with van der Waals surface area (Å²) in [6.07, 6.45) is 1.27. The standard InChI is InChI=1S/C9H14N2O4/c1-2-3-5(10)9(14)15-6-4-7(12)11-8(6)13/h4-5,11-13H,2-3,10H2,1H3/t5-/m0/s1. The Labute approximate surface area is 86.7 Å². The molecule has 0 unspecified atom stereocenters. The minimum Gasteiger partial charge on any atom is -0.494 e. The highest BCUT2D eigenvalue weighted by Crippen LogP contribution is 2.29. The van der Waals surface area contributed by atoms with Crippen LogP contribution in [0, 0.1) is 0 Å². The van der Waals surface area contributed by atoms with Crippen molar-refractivity contribution < 1.29 is 19.7 Å². The number of carbonyl (C=O) groups is 1. The van der Waals surface area contributed by atoms with Crippen molar-refractivity contribution >= 4 is 5.97 Å². The average Bonchev–Trinajstić information content (AvgIpc) is 2.45. The zero-order valence-electron chi connectivity index (χ0n) is 8.36. The predicted octanol–water partition coefficient (Wildman–Crippen LogP) is 0.459. The Kier molecular flexibility index (Phi) is 3.56. The van der Waals surface area contributed by atoms with Gasteiger partial charge in [0.25, 0.3) is 0 Å². The van der Waals surface area contributed by atoms with Crippen LogP contribution < -0.4 is 10.5 Å². The number of nitrogens with two attached hydrogens (primary N) is 1. The number of nitrogens with one attached hydrogen (secondary N) is 1. The van der Waals surface area contributed by atoms with E-state index in [0.29, 0.717) is 6.42 Å². The molecule has 1 heterocycles. The van der Waals surface area contributed by atoms with Crippen molar-refractivity contribution in [3.8, 4) is 17.5 Å². The monoisotopic (exact) mass is 214 g/mol. The second-order valence-corrected chi connectivity index (χ2v) is 3.18. The Bertz CT molecular complexity index is 348. The molecule has 1 rings (SSSR count). The lowest BCUT2D eigenvalue weighted by atomic mass is 10.2. The number of aromatic hydroxyl groups is 2. The summed E-state index contributed by atoms with van der Waals surface area (Å²) in [6, 6.07) is 0.387. The van der Waals surface area contributed by atoms with Crippen LogP contribution in [0.1, 0.15) is 19.8 Å². The molecular weight excluding hydrogens is 200 g/mol. The molecule has 15 heavy (non-hydrogen) atoms. The fourth-order valence-electron chi connectivity index (χ4n) is 1.10. The molecule has 5 N–H and O–H groups in total. The van der Waals surface area contributed by atoms with Gasteiger partial charge in [-0.1, -0.05) is 13.3 Å². The summed E-state index contributed by atoms with van der Waals surface area (Å²) in [5.41, 5.74) is 5.50. The van der Waals surface area contributed by atoms with Gasteiger partial charge in [-0.3, -0.25) is 4.98 Å². The third-order valence-corrected chi connectivity index (χ3v) is 1.86. The molecule has 0 fully saturated rings. The normalized spacial score (nSPS) is 12.4. The molecule has 0 aliphatic carbocycles. The maximum Gasteiger partial charge on any atom is 0.328 e.